The van der Waals surface area contributed by atoms with Crippen LogP contribution in [-0.2, 0) is 28.6 Å². The largest absolute Gasteiger partial charge is 0.417 e. The molecule has 160 valence electrons. The van der Waals surface area contributed by atoms with Crippen LogP contribution in [0.4, 0.5) is 18.9 Å². The van der Waals surface area contributed by atoms with Crippen LogP contribution in [-0.4, -0.2) is 11.8 Å². The van der Waals surface area contributed by atoms with Crippen molar-refractivity contribution in [3.63, 3.8) is 0 Å². The van der Waals surface area contributed by atoms with Gasteiger partial charge in [0, 0.05) is 5.69 Å². The minimum absolute atomic E-state index is 0.159. The lowest BCUT2D eigenvalue weighted by Crippen LogP contribution is -2.37. The number of fused-ring (bicyclic) bond motifs is 1. The summed E-state index contributed by atoms with van der Waals surface area (Å²) in [4.78, 5) is 24.6. The topological polar surface area (TPSA) is 58.2 Å². The predicted octanol–water partition coefficient (Wildman–Crippen LogP) is 5.44. The fourth-order valence-electron chi connectivity index (χ4n) is 3.62. The number of carbonyl (C=O) groups is 2. The van der Waals surface area contributed by atoms with Gasteiger partial charge in [-0.3, -0.25) is 9.59 Å². The lowest BCUT2D eigenvalue weighted by Gasteiger charge is -2.21. The second kappa shape index (κ2) is 9.08. The summed E-state index contributed by atoms with van der Waals surface area (Å²) < 4.78 is 38.9. The van der Waals surface area contributed by atoms with Crippen molar-refractivity contribution < 1.29 is 22.8 Å². The zero-order chi connectivity index (χ0) is 21.9. The first-order valence-corrected chi connectivity index (χ1v) is 10.2. The molecule has 1 aliphatic rings. The molecule has 0 fully saturated rings. The van der Waals surface area contributed by atoms with E-state index in [1.165, 1.54) is 23.6 Å². The van der Waals surface area contributed by atoms with Gasteiger partial charge in [-0.05, 0) is 67.0 Å². The average molecular weight is 439 g/mol. The fraction of sp³-hybridized carbons (Fsp3) is 0.364. The molecule has 0 saturated carbocycles. The van der Waals surface area contributed by atoms with Crippen LogP contribution in [0.25, 0.3) is 0 Å². The summed E-state index contributed by atoms with van der Waals surface area (Å²) in [6.07, 6.45) is 0.232. The van der Waals surface area contributed by atoms with Crippen molar-refractivity contribution in [1.82, 2.24) is 5.32 Å². The summed E-state index contributed by atoms with van der Waals surface area (Å²) >= 11 is 5.57. The first-order chi connectivity index (χ1) is 14.2. The molecular weight excluding hydrogens is 417 g/mol. The predicted molar refractivity (Wildman–Crippen MR) is 109 cm³/mol. The Balaban J connectivity index is 1.69. The first kappa shape index (κ1) is 22.2. The number of hydrogen-bond donors (Lipinski definition) is 2. The van der Waals surface area contributed by atoms with Gasteiger partial charge in [-0.15, -0.1) is 0 Å². The number of anilines is 1. The van der Waals surface area contributed by atoms with Crippen molar-refractivity contribution in [3.05, 3.63) is 63.7 Å². The number of benzene rings is 2. The summed E-state index contributed by atoms with van der Waals surface area (Å²) in [5, 5.41) is 4.39. The summed E-state index contributed by atoms with van der Waals surface area (Å²) in [5.41, 5.74) is 2.24. The minimum Gasteiger partial charge on any atom is -0.341 e. The van der Waals surface area contributed by atoms with E-state index in [1.54, 1.807) is 0 Å². The molecular formula is C22H22ClF3N2O2. The Bertz CT molecular complexity index is 960. The summed E-state index contributed by atoms with van der Waals surface area (Å²) in [6, 6.07) is 8.65. The van der Waals surface area contributed by atoms with Crippen LogP contribution >= 0.6 is 11.6 Å². The van der Waals surface area contributed by atoms with Crippen LogP contribution in [0, 0.1) is 0 Å². The summed E-state index contributed by atoms with van der Waals surface area (Å²) in [7, 11) is 0. The van der Waals surface area contributed by atoms with E-state index in [0.29, 0.717) is 12.5 Å². The molecule has 2 N–H and O–H groups in total. The van der Waals surface area contributed by atoms with Gasteiger partial charge in [0.15, 0.2) is 0 Å². The fourth-order valence-corrected chi connectivity index (χ4v) is 3.85. The van der Waals surface area contributed by atoms with Gasteiger partial charge in [0.05, 0.1) is 16.6 Å². The molecule has 0 radical (unpaired) electrons. The van der Waals surface area contributed by atoms with Crippen molar-refractivity contribution in [3.8, 4) is 0 Å². The molecule has 0 aromatic heterocycles. The Morgan fingerprint density at radius 3 is 2.40 bits per heavy atom. The molecule has 0 bridgehead atoms. The Kier molecular flexibility index (Phi) is 6.71. The molecule has 1 unspecified atom stereocenters. The zero-order valence-corrected chi connectivity index (χ0v) is 17.2. The molecule has 8 heteroatoms. The van der Waals surface area contributed by atoms with Gasteiger partial charge in [0.1, 0.15) is 0 Å². The van der Waals surface area contributed by atoms with Crippen molar-refractivity contribution in [2.75, 3.05) is 5.32 Å². The molecule has 0 saturated heterocycles. The number of halogens is 4. The van der Waals surface area contributed by atoms with Crippen LogP contribution < -0.4 is 10.6 Å². The van der Waals surface area contributed by atoms with Gasteiger partial charge in [-0.1, -0.05) is 36.7 Å². The van der Waals surface area contributed by atoms with E-state index in [1.807, 2.05) is 13.0 Å². The number of rotatable bonds is 4. The van der Waals surface area contributed by atoms with Gasteiger partial charge in [-0.2, -0.15) is 13.2 Å². The van der Waals surface area contributed by atoms with Crippen molar-refractivity contribution in [1.29, 1.82) is 0 Å². The monoisotopic (exact) mass is 438 g/mol. The van der Waals surface area contributed by atoms with Crippen molar-refractivity contribution in [2.45, 2.75) is 51.2 Å². The van der Waals surface area contributed by atoms with Gasteiger partial charge in [0.25, 0.3) is 0 Å². The molecule has 1 aliphatic carbocycles. The van der Waals surface area contributed by atoms with Gasteiger partial charge in [-0.25, -0.2) is 0 Å². The maximum absolute atomic E-state index is 13.0. The van der Waals surface area contributed by atoms with Crippen LogP contribution in [0.1, 0.15) is 54.5 Å². The Hall–Kier alpha value is -2.54. The Morgan fingerprint density at radius 2 is 1.73 bits per heavy atom. The van der Waals surface area contributed by atoms with Crippen molar-refractivity contribution >= 4 is 29.1 Å². The molecule has 2 aromatic rings. The molecule has 2 amide bonds. The third kappa shape index (κ3) is 5.14. The van der Waals surface area contributed by atoms with Crippen molar-refractivity contribution in [2.24, 2.45) is 0 Å². The average Bonchev–Trinajstić information content (AvgIpc) is 2.72. The molecule has 2 aromatic carbocycles. The molecule has 0 spiro atoms. The highest BCUT2D eigenvalue weighted by atomic mass is 35.5. The van der Waals surface area contributed by atoms with E-state index in [4.69, 9.17) is 11.6 Å². The van der Waals surface area contributed by atoms with Crippen LogP contribution in [0.3, 0.4) is 0 Å². The molecule has 0 aliphatic heterocycles. The van der Waals surface area contributed by atoms with E-state index in [2.05, 4.69) is 22.8 Å². The maximum Gasteiger partial charge on any atom is 0.417 e. The third-order valence-corrected chi connectivity index (χ3v) is 5.55. The minimum atomic E-state index is -4.67. The number of hydrogen-bond acceptors (Lipinski definition) is 2. The second-order valence-corrected chi connectivity index (χ2v) is 7.72. The van der Waals surface area contributed by atoms with Gasteiger partial charge in [0.2, 0.25) is 0 Å². The van der Waals surface area contributed by atoms with E-state index in [9.17, 15) is 22.8 Å². The maximum atomic E-state index is 13.0. The van der Waals surface area contributed by atoms with E-state index in [0.717, 1.165) is 30.9 Å². The van der Waals surface area contributed by atoms with Gasteiger partial charge < -0.3 is 10.6 Å². The summed E-state index contributed by atoms with van der Waals surface area (Å²) in [6.45, 7) is 1.89. The number of amides is 2. The highest BCUT2D eigenvalue weighted by Crippen LogP contribution is 2.36. The Labute approximate surface area is 177 Å². The highest BCUT2D eigenvalue weighted by molar-refractivity contribution is 6.39. The quantitative estimate of drug-likeness (QED) is 0.624. The smallest absolute Gasteiger partial charge is 0.341 e. The van der Waals surface area contributed by atoms with Crippen LogP contribution in [0.15, 0.2) is 36.4 Å². The summed E-state index contributed by atoms with van der Waals surface area (Å²) in [5.74, 6) is -1.95. The molecule has 3 rings (SSSR count). The molecule has 1 atom stereocenters. The van der Waals surface area contributed by atoms with Gasteiger partial charge >= 0.3 is 18.0 Å². The number of alkyl halides is 3. The number of aryl methyl sites for hydroxylation is 2. The number of carbonyl (C=O) groups excluding carboxylic acids is 2. The molecule has 4 nitrogen and oxygen atoms in total. The molecule has 30 heavy (non-hydrogen) atoms. The lowest BCUT2D eigenvalue weighted by atomic mass is 9.89. The van der Waals surface area contributed by atoms with E-state index < -0.39 is 28.6 Å². The zero-order valence-electron chi connectivity index (χ0n) is 16.4. The second-order valence-electron chi connectivity index (χ2n) is 7.32. The molecule has 0 heterocycles. The normalized spacial score (nSPS) is 14.6. The first-order valence-electron chi connectivity index (χ1n) is 9.79. The standard InChI is InChI=1S/C22H22ClF3N2O2/c1-2-19(15-8-7-13-5-3-4-6-14(13)11-15)28-21(30)20(29)27-16-9-10-18(23)17(12-16)22(24,25)26/h7-12,19H,2-6H2,1H3,(H,27,29)(H,28,30). The third-order valence-electron chi connectivity index (χ3n) is 5.22. The van der Waals surface area contributed by atoms with Crippen LogP contribution in [0.5, 0.6) is 0 Å². The highest BCUT2D eigenvalue weighted by Gasteiger charge is 2.33. The van der Waals surface area contributed by atoms with E-state index in [-0.39, 0.29) is 11.7 Å². The Morgan fingerprint density at radius 1 is 1.03 bits per heavy atom. The lowest BCUT2D eigenvalue weighted by molar-refractivity contribution is -0.137. The number of nitrogens with one attached hydrogen (secondary N) is 2. The van der Waals surface area contributed by atoms with Crippen LogP contribution in [0.2, 0.25) is 5.02 Å². The van der Waals surface area contributed by atoms with E-state index >= 15 is 0 Å². The SMILES string of the molecule is CCC(NC(=O)C(=O)Nc1ccc(Cl)c(C(F)(F)F)c1)c1ccc2c(c1)CCCC2.